The Morgan fingerprint density at radius 1 is 1.05 bits per heavy atom. The van der Waals surface area contributed by atoms with E-state index in [0.29, 0.717) is 56.1 Å². The second-order valence-electron chi connectivity index (χ2n) is 10.2. The Labute approximate surface area is 242 Å². The Kier molecular flexibility index (Phi) is 7.80. The van der Waals surface area contributed by atoms with Crippen LogP contribution in [0.2, 0.25) is 0 Å². The number of aromatic nitrogens is 1. The van der Waals surface area contributed by atoms with Crippen LogP contribution in [0, 0.1) is 0 Å². The van der Waals surface area contributed by atoms with E-state index in [2.05, 4.69) is 15.6 Å². The molecule has 11 heteroatoms. The predicted molar refractivity (Wildman–Crippen MR) is 154 cm³/mol. The van der Waals surface area contributed by atoms with E-state index < -0.39 is 11.3 Å². The quantitative estimate of drug-likeness (QED) is 0.411. The zero-order valence-corrected chi connectivity index (χ0v) is 23.4. The molecule has 0 bridgehead atoms. The first-order valence-corrected chi connectivity index (χ1v) is 14.6. The van der Waals surface area contributed by atoms with Gasteiger partial charge in [-0.3, -0.25) is 14.5 Å². The summed E-state index contributed by atoms with van der Waals surface area (Å²) in [5, 5.41) is 6.42. The first-order valence-electron chi connectivity index (χ1n) is 13.7. The highest BCUT2D eigenvalue weighted by Gasteiger charge is 2.47. The Bertz CT molecular complexity index is 1430. The summed E-state index contributed by atoms with van der Waals surface area (Å²) in [6.45, 7) is 1.60. The molecule has 3 aromatic rings. The van der Waals surface area contributed by atoms with Crippen molar-refractivity contribution in [2.75, 3.05) is 31.7 Å². The van der Waals surface area contributed by atoms with Crippen molar-refractivity contribution in [1.82, 2.24) is 20.5 Å². The van der Waals surface area contributed by atoms with Gasteiger partial charge in [-0.2, -0.15) is 0 Å². The molecular formula is C30H31N5O5S. The maximum atomic E-state index is 13.5. The molecule has 41 heavy (non-hydrogen) atoms. The fourth-order valence-corrected chi connectivity index (χ4v) is 6.71. The number of para-hydroxylation sites is 1. The third-order valence-corrected chi connectivity index (χ3v) is 8.84. The lowest BCUT2D eigenvalue weighted by Gasteiger charge is -2.35. The standard InChI is InChI=1S/C30H31N5O5S/c1-39-18-14-24(36)34-16-12-19(13-17-34)32-28(37)27-26-25-23(11-15-31-29(25)41-27)35(30(38)33-26)20-7-9-22(10-8-20)40-21-5-3-2-4-6-21/h2-11,15,19,26-27H,12-14,16-18H2,1H3,(H,32,37)(H,33,38). The van der Waals surface area contributed by atoms with E-state index in [1.807, 2.05) is 65.6 Å². The van der Waals surface area contributed by atoms with Gasteiger partial charge in [0.05, 0.1) is 30.4 Å². The van der Waals surface area contributed by atoms with Gasteiger partial charge < -0.3 is 25.0 Å². The minimum absolute atomic E-state index is 0.0295. The van der Waals surface area contributed by atoms with E-state index in [4.69, 9.17) is 9.47 Å². The van der Waals surface area contributed by atoms with Crippen molar-refractivity contribution in [2.45, 2.75) is 41.6 Å². The SMILES string of the molecule is COCCC(=O)N1CCC(NC(=O)C2Sc3nccc4c3C2NC(=O)N4c2ccc(Oc3ccccc3)cc2)CC1. The number of anilines is 2. The number of pyridine rings is 1. The van der Waals surface area contributed by atoms with E-state index >= 15 is 0 Å². The number of carbonyl (C=O) groups excluding carboxylic acids is 3. The van der Waals surface area contributed by atoms with E-state index in [-0.39, 0.29) is 23.9 Å². The Morgan fingerprint density at radius 2 is 1.78 bits per heavy atom. The molecule has 3 aliphatic rings. The number of hydrogen-bond acceptors (Lipinski definition) is 7. The van der Waals surface area contributed by atoms with Gasteiger partial charge in [0.15, 0.2) is 0 Å². The molecule has 4 heterocycles. The lowest BCUT2D eigenvalue weighted by atomic mass is 9.99. The van der Waals surface area contributed by atoms with Crippen molar-refractivity contribution in [2.24, 2.45) is 0 Å². The number of carbonyl (C=O) groups is 3. The maximum Gasteiger partial charge on any atom is 0.327 e. The Hall–Kier alpha value is -4.09. The van der Waals surface area contributed by atoms with Gasteiger partial charge >= 0.3 is 6.03 Å². The summed E-state index contributed by atoms with van der Waals surface area (Å²) >= 11 is 1.37. The normalized spacial score (nSPS) is 19.9. The molecule has 0 saturated carbocycles. The van der Waals surface area contributed by atoms with E-state index in [9.17, 15) is 14.4 Å². The van der Waals surface area contributed by atoms with Gasteiger partial charge in [0.2, 0.25) is 11.8 Å². The van der Waals surface area contributed by atoms with Crippen LogP contribution in [0.3, 0.4) is 0 Å². The van der Waals surface area contributed by atoms with Gasteiger partial charge in [-0.1, -0.05) is 30.0 Å². The molecule has 10 nitrogen and oxygen atoms in total. The average molecular weight is 574 g/mol. The van der Waals surface area contributed by atoms with Gasteiger partial charge in [-0.15, -0.1) is 0 Å². The van der Waals surface area contributed by atoms with Crippen LogP contribution in [0.4, 0.5) is 16.2 Å². The number of hydrogen-bond donors (Lipinski definition) is 2. The molecule has 0 radical (unpaired) electrons. The maximum absolute atomic E-state index is 13.5. The molecule has 4 amide bonds. The van der Waals surface area contributed by atoms with Crippen LogP contribution in [-0.4, -0.2) is 65.8 Å². The number of amides is 4. The van der Waals surface area contributed by atoms with Crippen LogP contribution < -0.4 is 20.3 Å². The molecule has 2 aromatic carbocycles. The zero-order valence-electron chi connectivity index (χ0n) is 22.6. The summed E-state index contributed by atoms with van der Waals surface area (Å²) in [7, 11) is 1.58. The first kappa shape index (κ1) is 27.1. The number of rotatable bonds is 8. The van der Waals surface area contributed by atoms with E-state index in [1.54, 1.807) is 18.2 Å². The number of ether oxygens (including phenoxy) is 2. The van der Waals surface area contributed by atoms with Gasteiger partial charge in [0.25, 0.3) is 0 Å². The van der Waals surface area contributed by atoms with Gasteiger partial charge in [-0.05, 0) is 55.3 Å². The largest absolute Gasteiger partial charge is 0.457 e. The van der Waals surface area contributed by atoms with Gasteiger partial charge in [0, 0.05) is 38.0 Å². The first-order chi connectivity index (χ1) is 20.0. The molecule has 1 fully saturated rings. The van der Waals surface area contributed by atoms with Crippen molar-refractivity contribution in [1.29, 1.82) is 0 Å². The minimum Gasteiger partial charge on any atom is -0.457 e. The summed E-state index contributed by atoms with van der Waals surface area (Å²) in [4.78, 5) is 47.1. The van der Waals surface area contributed by atoms with E-state index in [0.717, 1.165) is 16.3 Å². The van der Waals surface area contributed by atoms with Crippen LogP contribution in [0.25, 0.3) is 0 Å². The number of urea groups is 1. The van der Waals surface area contributed by atoms with Crippen LogP contribution in [0.5, 0.6) is 11.5 Å². The molecule has 2 unspecified atom stereocenters. The zero-order chi connectivity index (χ0) is 28.3. The highest BCUT2D eigenvalue weighted by molar-refractivity contribution is 8.01. The molecular weight excluding hydrogens is 542 g/mol. The molecule has 212 valence electrons. The van der Waals surface area contributed by atoms with Crippen LogP contribution in [0.1, 0.15) is 30.9 Å². The predicted octanol–water partition coefficient (Wildman–Crippen LogP) is 4.39. The number of thioether (sulfide) groups is 1. The fraction of sp³-hybridized carbons (Fsp3) is 0.333. The number of methoxy groups -OCH3 is 1. The summed E-state index contributed by atoms with van der Waals surface area (Å²) in [6.07, 6.45) is 3.41. The molecule has 3 aliphatic heterocycles. The second kappa shape index (κ2) is 11.8. The Morgan fingerprint density at radius 3 is 2.51 bits per heavy atom. The molecule has 2 N–H and O–H groups in total. The molecule has 0 spiro atoms. The van der Waals surface area contributed by atoms with Crippen LogP contribution in [0.15, 0.2) is 71.9 Å². The number of piperidine rings is 1. The molecule has 6 rings (SSSR count). The third-order valence-electron chi connectivity index (χ3n) is 7.55. The summed E-state index contributed by atoms with van der Waals surface area (Å²) < 4.78 is 10.9. The lowest BCUT2D eigenvalue weighted by molar-refractivity contribution is -0.133. The van der Waals surface area contributed by atoms with Crippen molar-refractivity contribution >= 4 is 41.0 Å². The lowest BCUT2D eigenvalue weighted by Crippen LogP contribution is -2.52. The number of nitrogens with zero attached hydrogens (tertiary/aromatic N) is 3. The topological polar surface area (TPSA) is 113 Å². The van der Waals surface area contributed by atoms with E-state index in [1.165, 1.54) is 11.8 Å². The number of benzene rings is 2. The highest BCUT2D eigenvalue weighted by Crippen LogP contribution is 2.50. The monoisotopic (exact) mass is 573 g/mol. The Balaban J connectivity index is 1.13. The average Bonchev–Trinajstić information content (AvgIpc) is 3.37. The summed E-state index contributed by atoms with van der Waals surface area (Å²) in [6, 6.07) is 17.8. The highest BCUT2D eigenvalue weighted by atomic mass is 32.2. The molecule has 1 saturated heterocycles. The molecule has 0 aliphatic carbocycles. The summed E-state index contributed by atoms with van der Waals surface area (Å²) in [5.74, 6) is 1.33. The number of likely N-dealkylation sites (tertiary alicyclic amines) is 1. The van der Waals surface area contributed by atoms with Crippen LogP contribution >= 0.6 is 11.8 Å². The van der Waals surface area contributed by atoms with Gasteiger partial charge in [-0.25, -0.2) is 9.78 Å². The van der Waals surface area contributed by atoms with Crippen molar-refractivity contribution in [3.8, 4) is 11.5 Å². The minimum atomic E-state index is -0.534. The van der Waals surface area contributed by atoms with Gasteiger partial charge in [0.1, 0.15) is 21.8 Å². The second-order valence-corrected chi connectivity index (χ2v) is 11.3. The third kappa shape index (κ3) is 5.59. The summed E-state index contributed by atoms with van der Waals surface area (Å²) in [5.41, 5.74) is 2.24. The number of nitrogens with one attached hydrogen (secondary N) is 2. The molecule has 1 aromatic heterocycles. The van der Waals surface area contributed by atoms with Crippen molar-refractivity contribution < 1.29 is 23.9 Å². The van der Waals surface area contributed by atoms with Crippen LogP contribution in [-0.2, 0) is 14.3 Å². The fourth-order valence-electron chi connectivity index (χ4n) is 5.47. The smallest absolute Gasteiger partial charge is 0.327 e. The molecule has 2 atom stereocenters. The van der Waals surface area contributed by atoms with Crippen molar-refractivity contribution in [3.05, 3.63) is 72.4 Å². The van der Waals surface area contributed by atoms with Crippen molar-refractivity contribution in [3.63, 3.8) is 0 Å².